The van der Waals surface area contributed by atoms with E-state index < -0.39 is 0 Å². The fraction of sp³-hybridized carbons (Fsp3) is 0.0968. The second kappa shape index (κ2) is 6.38. The number of nitrogens with zero attached hydrogens (tertiary/aromatic N) is 1. The van der Waals surface area contributed by atoms with Gasteiger partial charge in [0.15, 0.2) is 0 Å². The summed E-state index contributed by atoms with van der Waals surface area (Å²) >= 11 is 3.86. The van der Waals surface area contributed by atoms with Gasteiger partial charge >= 0.3 is 0 Å². The molecule has 3 heteroatoms. The Hall–Kier alpha value is -3.40. The maximum Gasteiger partial charge on any atom is 0.0906 e. The third kappa shape index (κ3) is 2.24. The molecule has 1 nitrogen and oxygen atoms in total. The van der Waals surface area contributed by atoms with Gasteiger partial charge in [0, 0.05) is 32.0 Å². The smallest absolute Gasteiger partial charge is 0.0906 e. The highest BCUT2D eigenvalue weighted by Crippen LogP contribution is 2.51. The monoisotopic (exact) mass is 471 g/mol. The van der Waals surface area contributed by atoms with Crippen LogP contribution < -0.4 is 0 Å². The molecule has 0 aliphatic heterocycles. The van der Waals surface area contributed by atoms with Crippen molar-refractivity contribution in [1.29, 1.82) is 0 Å². The average molecular weight is 472 g/mol. The fourth-order valence-corrected chi connectivity index (χ4v) is 8.75. The molecule has 8 rings (SSSR count). The zero-order chi connectivity index (χ0) is 22.6. The van der Waals surface area contributed by atoms with E-state index in [1.54, 1.807) is 0 Å². The minimum Gasteiger partial charge on any atom is -0.308 e. The van der Waals surface area contributed by atoms with Gasteiger partial charge in [0.2, 0.25) is 0 Å². The summed E-state index contributed by atoms with van der Waals surface area (Å²) in [6, 6.07) is 33.7. The highest BCUT2D eigenvalue weighted by Gasteiger charge is 2.35. The minimum atomic E-state index is 0.0255. The lowest BCUT2D eigenvalue weighted by Gasteiger charge is -2.21. The molecule has 0 radical (unpaired) electrons. The van der Waals surface area contributed by atoms with Crippen LogP contribution in [0.3, 0.4) is 0 Å². The molecule has 1 aliphatic rings. The highest BCUT2D eigenvalue weighted by molar-refractivity contribution is 7.45. The van der Waals surface area contributed by atoms with E-state index in [0.29, 0.717) is 0 Å². The molecule has 34 heavy (non-hydrogen) atoms. The molecular formula is C31H21NS2. The summed E-state index contributed by atoms with van der Waals surface area (Å²) in [5.41, 5.74) is 9.48. The largest absolute Gasteiger partial charge is 0.308 e. The van der Waals surface area contributed by atoms with Crippen LogP contribution in [0.25, 0.3) is 57.4 Å². The standard InChI is InChI=1S/C31H21NS2/c1-31(2)23-12-6-3-9-19(23)22-17-18(15-16-24(22)31)32-25-13-7-4-10-20(25)29-28(32)27-21-11-5-8-14-26(21)33-30(27)34-29/h3-17H,1-2H3. The van der Waals surface area contributed by atoms with E-state index in [-0.39, 0.29) is 5.41 Å². The number of rotatable bonds is 1. The van der Waals surface area contributed by atoms with E-state index in [1.807, 2.05) is 22.7 Å². The van der Waals surface area contributed by atoms with Crippen LogP contribution in [0.1, 0.15) is 25.0 Å². The van der Waals surface area contributed by atoms with E-state index in [0.717, 1.165) is 0 Å². The Labute approximate surface area is 205 Å². The third-order valence-electron chi connectivity index (χ3n) is 7.65. The molecular weight excluding hydrogens is 450 g/mol. The van der Waals surface area contributed by atoms with Crippen LogP contribution in [0.5, 0.6) is 0 Å². The lowest BCUT2D eigenvalue weighted by Crippen LogP contribution is -2.14. The molecule has 7 aromatic rings. The summed E-state index contributed by atoms with van der Waals surface area (Å²) in [5.74, 6) is 0. The molecule has 162 valence electrons. The molecule has 0 saturated carbocycles. The number of fused-ring (bicyclic) bond motifs is 10. The van der Waals surface area contributed by atoms with Crippen LogP contribution in [-0.2, 0) is 5.41 Å². The van der Waals surface area contributed by atoms with Gasteiger partial charge in [0.1, 0.15) is 0 Å². The molecule has 0 fully saturated rings. The molecule has 0 N–H and O–H groups in total. The Morgan fingerprint density at radius 1 is 0.676 bits per heavy atom. The summed E-state index contributed by atoms with van der Waals surface area (Å²) in [7, 11) is 0. The van der Waals surface area contributed by atoms with Gasteiger partial charge in [-0.2, -0.15) is 0 Å². The lowest BCUT2D eigenvalue weighted by molar-refractivity contribution is 0.660. The van der Waals surface area contributed by atoms with E-state index in [1.165, 1.54) is 68.5 Å². The first-order valence-corrected chi connectivity index (χ1v) is 13.3. The third-order valence-corrected chi connectivity index (χ3v) is 10.1. The number of benzene rings is 4. The van der Waals surface area contributed by atoms with Crippen molar-refractivity contribution in [3.05, 3.63) is 102 Å². The zero-order valence-corrected chi connectivity index (χ0v) is 20.6. The Kier molecular flexibility index (Phi) is 3.56. The maximum atomic E-state index is 2.51. The van der Waals surface area contributed by atoms with Crippen LogP contribution in [0.4, 0.5) is 0 Å². The minimum absolute atomic E-state index is 0.0255. The number of hydrogen-bond donors (Lipinski definition) is 0. The van der Waals surface area contributed by atoms with Gasteiger partial charge in [-0.3, -0.25) is 0 Å². The van der Waals surface area contributed by atoms with E-state index in [9.17, 15) is 0 Å². The molecule has 0 spiro atoms. The summed E-state index contributed by atoms with van der Waals surface area (Å²) in [4.78, 5) is 0. The number of aromatic nitrogens is 1. The molecule has 0 unspecified atom stereocenters. The Bertz CT molecular complexity index is 1940. The van der Waals surface area contributed by atoms with Gasteiger partial charge in [0.05, 0.1) is 19.7 Å². The zero-order valence-electron chi connectivity index (χ0n) is 18.9. The summed E-state index contributed by atoms with van der Waals surface area (Å²) in [6.07, 6.45) is 0. The molecule has 4 aromatic carbocycles. The maximum absolute atomic E-state index is 2.51. The van der Waals surface area contributed by atoms with Crippen molar-refractivity contribution in [3.8, 4) is 16.8 Å². The SMILES string of the molecule is CC1(C)c2ccccc2-c2cc(-n3c4ccccc4c4sc5sc6ccccc6c5c43)ccc21. The van der Waals surface area contributed by atoms with Gasteiger partial charge in [-0.15, -0.1) is 22.7 Å². The number of para-hydroxylation sites is 1. The van der Waals surface area contributed by atoms with Crippen molar-refractivity contribution >= 4 is 63.3 Å². The topological polar surface area (TPSA) is 4.93 Å². The van der Waals surface area contributed by atoms with Gasteiger partial charge in [0.25, 0.3) is 0 Å². The van der Waals surface area contributed by atoms with Gasteiger partial charge in [-0.25, -0.2) is 0 Å². The summed E-state index contributed by atoms with van der Waals surface area (Å²) in [5, 5.41) is 4.11. The predicted octanol–water partition coefficient (Wildman–Crippen LogP) is 9.52. The summed E-state index contributed by atoms with van der Waals surface area (Å²) < 4.78 is 6.69. The first-order valence-electron chi connectivity index (χ1n) is 11.7. The van der Waals surface area contributed by atoms with E-state index in [2.05, 4.69) is 109 Å². The van der Waals surface area contributed by atoms with Crippen molar-refractivity contribution in [3.63, 3.8) is 0 Å². The van der Waals surface area contributed by atoms with Crippen LogP contribution in [0, 0.1) is 0 Å². The van der Waals surface area contributed by atoms with Crippen LogP contribution >= 0.6 is 22.7 Å². The van der Waals surface area contributed by atoms with Crippen molar-refractivity contribution in [2.24, 2.45) is 0 Å². The van der Waals surface area contributed by atoms with Gasteiger partial charge in [-0.1, -0.05) is 80.6 Å². The molecule has 0 atom stereocenters. The predicted molar refractivity (Wildman–Crippen MR) is 149 cm³/mol. The van der Waals surface area contributed by atoms with Crippen molar-refractivity contribution < 1.29 is 0 Å². The quantitative estimate of drug-likeness (QED) is 0.225. The van der Waals surface area contributed by atoms with Crippen LogP contribution in [0.15, 0.2) is 91.0 Å². The van der Waals surface area contributed by atoms with Crippen molar-refractivity contribution in [2.75, 3.05) is 0 Å². The van der Waals surface area contributed by atoms with E-state index >= 15 is 0 Å². The molecule has 3 aromatic heterocycles. The van der Waals surface area contributed by atoms with Crippen molar-refractivity contribution in [2.45, 2.75) is 19.3 Å². The number of thiophene rings is 2. The molecule has 3 heterocycles. The van der Waals surface area contributed by atoms with E-state index in [4.69, 9.17) is 0 Å². The number of hydrogen-bond acceptors (Lipinski definition) is 2. The highest BCUT2D eigenvalue weighted by atomic mass is 32.2. The summed E-state index contributed by atoms with van der Waals surface area (Å²) in [6.45, 7) is 4.70. The van der Waals surface area contributed by atoms with Gasteiger partial charge in [-0.05, 0) is 46.5 Å². The molecule has 0 saturated heterocycles. The Morgan fingerprint density at radius 2 is 1.41 bits per heavy atom. The Morgan fingerprint density at radius 3 is 2.32 bits per heavy atom. The molecule has 0 amide bonds. The molecule has 0 bridgehead atoms. The average Bonchev–Trinajstić information content (AvgIpc) is 3.55. The first kappa shape index (κ1) is 19.0. The van der Waals surface area contributed by atoms with Crippen molar-refractivity contribution in [1.82, 2.24) is 4.57 Å². The second-order valence-corrected chi connectivity index (χ2v) is 12.1. The Balaban J connectivity index is 1.52. The molecule has 1 aliphatic carbocycles. The van der Waals surface area contributed by atoms with Gasteiger partial charge < -0.3 is 4.57 Å². The normalized spacial score (nSPS) is 14.4. The lowest BCUT2D eigenvalue weighted by atomic mass is 9.82. The first-order chi connectivity index (χ1) is 16.6. The van der Waals surface area contributed by atoms with Crippen LogP contribution in [0.2, 0.25) is 0 Å². The fourth-order valence-electron chi connectivity index (χ4n) is 6.07. The second-order valence-electron chi connectivity index (χ2n) is 9.79. The van der Waals surface area contributed by atoms with Crippen LogP contribution in [-0.4, -0.2) is 4.57 Å².